The van der Waals surface area contributed by atoms with Crippen LogP contribution in [0.3, 0.4) is 0 Å². The van der Waals surface area contributed by atoms with Gasteiger partial charge in [0.1, 0.15) is 5.84 Å². The maximum Gasteiger partial charge on any atom is 0.125 e. The fourth-order valence-electron chi connectivity index (χ4n) is 2.28. The van der Waals surface area contributed by atoms with Crippen molar-refractivity contribution in [3.8, 4) is 0 Å². The second-order valence-corrected chi connectivity index (χ2v) is 4.64. The fraction of sp³-hybridized carbons (Fsp3) is 0.500. The summed E-state index contributed by atoms with van der Waals surface area (Å²) in [7, 11) is 0. The molecule has 1 aliphatic rings. The van der Waals surface area contributed by atoms with E-state index in [2.05, 4.69) is 16.8 Å². The molecule has 17 heavy (non-hydrogen) atoms. The van der Waals surface area contributed by atoms with Crippen LogP contribution in [0.4, 0.5) is 0 Å². The molecule has 0 aliphatic carbocycles. The van der Waals surface area contributed by atoms with Crippen molar-refractivity contribution < 1.29 is 0 Å². The topological polar surface area (TPSA) is 41.6 Å². The number of hydrogen-bond donors (Lipinski definition) is 1. The van der Waals surface area contributed by atoms with Crippen LogP contribution in [0.2, 0.25) is 0 Å². The largest absolute Gasteiger partial charge is 0.384 e. The van der Waals surface area contributed by atoms with Gasteiger partial charge in [-0.25, -0.2) is 0 Å². The molecule has 1 heterocycles. The zero-order valence-electron chi connectivity index (χ0n) is 10.5. The number of nitrogens with zero attached hydrogens (tertiary/aromatic N) is 2. The molecule has 2 rings (SSSR count). The number of aliphatic imine (C=N–C) groups is 1. The van der Waals surface area contributed by atoms with Crippen molar-refractivity contribution in [3.05, 3.63) is 35.9 Å². The Labute approximate surface area is 103 Å². The average Bonchev–Trinajstić information content (AvgIpc) is 2.85. The molecule has 1 aromatic carbocycles. The zero-order chi connectivity index (χ0) is 12.1. The van der Waals surface area contributed by atoms with E-state index in [1.807, 2.05) is 30.3 Å². The minimum Gasteiger partial charge on any atom is -0.384 e. The van der Waals surface area contributed by atoms with E-state index >= 15 is 0 Å². The van der Waals surface area contributed by atoms with Crippen LogP contribution in [-0.2, 0) is 0 Å². The fourth-order valence-corrected chi connectivity index (χ4v) is 2.28. The van der Waals surface area contributed by atoms with Gasteiger partial charge in [-0.1, -0.05) is 37.3 Å². The summed E-state index contributed by atoms with van der Waals surface area (Å²) in [6.45, 7) is 6.60. The van der Waals surface area contributed by atoms with E-state index in [9.17, 15) is 0 Å². The lowest BCUT2D eigenvalue weighted by molar-refractivity contribution is 0.344. The average molecular weight is 231 g/mol. The molecule has 1 atom stereocenters. The van der Waals surface area contributed by atoms with Crippen molar-refractivity contribution in [2.24, 2.45) is 16.6 Å². The summed E-state index contributed by atoms with van der Waals surface area (Å²) in [6, 6.07) is 9.99. The van der Waals surface area contributed by atoms with Gasteiger partial charge < -0.3 is 10.6 Å². The highest BCUT2D eigenvalue weighted by Crippen LogP contribution is 2.15. The Morgan fingerprint density at radius 2 is 2.18 bits per heavy atom. The van der Waals surface area contributed by atoms with E-state index in [0.717, 1.165) is 18.7 Å². The molecule has 0 spiro atoms. The first kappa shape index (κ1) is 12.1. The molecule has 1 unspecified atom stereocenters. The van der Waals surface area contributed by atoms with Crippen molar-refractivity contribution in [2.45, 2.75) is 13.3 Å². The third-order valence-electron chi connectivity index (χ3n) is 3.41. The minimum absolute atomic E-state index is 0.667. The standard InChI is InChI=1S/C14H21N3/c1-2-17-9-8-12(11-17)10-16-14(15)13-6-4-3-5-7-13/h3-7,12H,2,8-11H2,1H3,(H2,15,16). The Balaban J connectivity index is 1.89. The minimum atomic E-state index is 0.667. The van der Waals surface area contributed by atoms with Gasteiger partial charge in [0.25, 0.3) is 0 Å². The predicted octanol–water partition coefficient (Wildman–Crippen LogP) is 1.73. The quantitative estimate of drug-likeness (QED) is 0.633. The number of amidine groups is 1. The Bertz CT molecular complexity index is 372. The van der Waals surface area contributed by atoms with Crippen LogP contribution in [0.5, 0.6) is 0 Å². The first-order valence-electron chi connectivity index (χ1n) is 6.37. The molecule has 0 bridgehead atoms. The molecule has 3 nitrogen and oxygen atoms in total. The molecule has 3 heteroatoms. The molecule has 1 aliphatic heterocycles. The van der Waals surface area contributed by atoms with E-state index in [4.69, 9.17) is 5.73 Å². The van der Waals surface area contributed by atoms with Crippen molar-refractivity contribution in [1.29, 1.82) is 0 Å². The van der Waals surface area contributed by atoms with Crippen LogP contribution in [0.25, 0.3) is 0 Å². The van der Waals surface area contributed by atoms with Gasteiger partial charge in [-0.2, -0.15) is 0 Å². The lowest BCUT2D eigenvalue weighted by Gasteiger charge is -2.11. The molecule has 0 amide bonds. The molecular weight excluding hydrogens is 210 g/mol. The summed E-state index contributed by atoms with van der Waals surface area (Å²) >= 11 is 0. The van der Waals surface area contributed by atoms with Gasteiger partial charge >= 0.3 is 0 Å². The Hall–Kier alpha value is -1.35. The summed E-state index contributed by atoms with van der Waals surface area (Å²) in [5.74, 6) is 1.35. The highest BCUT2D eigenvalue weighted by Gasteiger charge is 2.20. The molecule has 2 N–H and O–H groups in total. The Kier molecular flexibility index (Phi) is 4.15. The number of rotatable bonds is 4. The number of benzene rings is 1. The molecule has 0 saturated carbocycles. The van der Waals surface area contributed by atoms with Crippen LogP contribution >= 0.6 is 0 Å². The molecule has 1 saturated heterocycles. The van der Waals surface area contributed by atoms with Crippen LogP contribution in [0, 0.1) is 5.92 Å². The van der Waals surface area contributed by atoms with Gasteiger partial charge in [-0.05, 0) is 25.4 Å². The normalized spacial score (nSPS) is 21.9. The first-order valence-corrected chi connectivity index (χ1v) is 6.37. The van der Waals surface area contributed by atoms with Crippen molar-refractivity contribution in [1.82, 2.24) is 4.90 Å². The summed E-state index contributed by atoms with van der Waals surface area (Å²) < 4.78 is 0. The molecule has 0 aromatic heterocycles. The summed E-state index contributed by atoms with van der Waals surface area (Å²) in [6.07, 6.45) is 1.25. The third-order valence-corrected chi connectivity index (χ3v) is 3.41. The number of likely N-dealkylation sites (tertiary alicyclic amines) is 1. The molecular formula is C14H21N3. The van der Waals surface area contributed by atoms with E-state index in [1.165, 1.54) is 19.5 Å². The SMILES string of the molecule is CCN1CCC(CN=C(N)c2ccccc2)C1. The molecule has 1 fully saturated rings. The van der Waals surface area contributed by atoms with Crippen LogP contribution in [0.15, 0.2) is 35.3 Å². The van der Waals surface area contributed by atoms with Crippen LogP contribution < -0.4 is 5.73 Å². The summed E-state index contributed by atoms with van der Waals surface area (Å²) in [4.78, 5) is 6.98. The van der Waals surface area contributed by atoms with E-state index < -0.39 is 0 Å². The lowest BCUT2D eigenvalue weighted by atomic mass is 10.1. The van der Waals surface area contributed by atoms with E-state index in [-0.39, 0.29) is 0 Å². The monoisotopic (exact) mass is 231 g/mol. The molecule has 0 radical (unpaired) electrons. The second-order valence-electron chi connectivity index (χ2n) is 4.64. The van der Waals surface area contributed by atoms with Gasteiger partial charge in [0.2, 0.25) is 0 Å². The van der Waals surface area contributed by atoms with Crippen LogP contribution in [0.1, 0.15) is 18.9 Å². The van der Waals surface area contributed by atoms with Crippen LogP contribution in [-0.4, -0.2) is 36.9 Å². The summed E-state index contributed by atoms with van der Waals surface area (Å²) in [5.41, 5.74) is 7.00. The number of hydrogen-bond acceptors (Lipinski definition) is 2. The van der Waals surface area contributed by atoms with E-state index in [0.29, 0.717) is 11.8 Å². The van der Waals surface area contributed by atoms with E-state index in [1.54, 1.807) is 0 Å². The van der Waals surface area contributed by atoms with Crippen molar-refractivity contribution in [2.75, 3.05) is 26.2 Å². The predicted molar refractivity (Wildman–Crippen MR) is 72.3 cm³/mol. The number of nitrogens with two attached hydrogens (primary N) is 1. The van der Waals surface area contributed by atoms with Gasteiger partial charge in [-0.15, -0.1) is 0 Å². The smallest absolute Gasteiger partial charge is 0.125 e. The van der Waals surface area contributed by atoms with Gasteiger partial charge in [0.05, 0.1) is 0 Å². The third kappa shape index (κ3) is 3.30. The van der Waals surface area contributed by atoms with Gasteiger partial charge in [0.15, 0.2) is 0 Å². The van der Waals surface area contributed by atoms with Crippen molar-refractivity contribution >= 4 is 5.84 Å². The Morgan fingerprint density at radius 1 is 1.41 bits per heavy atom. The maximum atomic E-state index is 5.98. The highest BCUT2D eigenvalue weighted by molar-refractivity contribution is 5.97. The second kappa shape index (κ2) is 5.82. The molecule has 92 valence electrons. The first-order chi connectivity index (χ1) is 8.29. The highest BCUT2D eigenvalue weighted by atomic mass is 15.1. The molecule has 1 aromatic rings. The maximum absolute atomic E-state index is 5.98. The van der Waals surface area contributed by atoms with Gasteiger partial charge in [-0.3, -0.25) is 4.99 Å². The lowest BCUT2D eigenvalue weighted by Crippen LogP contribution is -2.21. The Morgan fingerprint density at radius 3 is 2.82 bits per heavy atom. The summed E-state index contributed by atoms with van der Waals surface area (Å²) in [5, 5.41) is 0. The van der Waals surface area contributed by atoms with Gasteiger partial charge in [0, 0.05) is 18.7 Å². The zero-order valence-corrected chi connectivity index (χ0v) is 10.5. The van der Waals surface area contributed by atoms with Crippen molar-refractivity contribution in [3.63, 3.8) is 0 Å².